The van der Waals surface area contributed by atoms with Gasteiger partial charge in [-0.15, -0.1) is 0 Å². The van der Waals surface area contributed by atoms with Crippen molar-refractivity contribution in [3.8, 4) is 0 Å². The Labute approximate surface area is 349 Å². The molecule has 13 heteroatoms. The lowest BCUT2D eigenvalue weighted by molar-refractivity contribution is -0.161. The topological polar surface area (TPSA) is 197 Å². The van der Waals surface area contributed by atoms with Crippen molar-refractivity contribution in [3.05, 3.63) is 36.5 Å². The van der Waals surface area contributed by atoms with E-state index < -0.39 is 69.2 Å². The molecular formula is C45H79O12P. The van der Waals surface area contributed by atoms with Gasteiger partial charge in [0.2, 0.25) is 0 Å². The third kappa shape index (κ3) is 29.9. The molecule has 6 atom stereocenters. The Hall–Kier alpha value is -2.18. The number of esters is 2. The molecule has 0 bridgehead atoms. The highest BCUT2D eigenvalue weighted by molar-refractivity contribution is 7.46. The van der Waals surface area contributed by atoms with Crippen molar-refractivity contribution < 1.29 is 58.1 Å². The van der Waals surface area contributed by atoms with E-state index in [4.69, 9.17) is 19.3 Å². The highest BCUT2D eigenvalue weighted by atomic mass is 31.2. The summed E-state index contributed by atoms with van der Waals surface area (Å²) in [6, 6.07) is 0. The van der Waals surface area contributed by atoms with E-state index in [-0.39, 0.29) is 37.9 Å². The Morgan fingerprint density at radius 1 is 0.690 bits per heavy atom. The van der Waals surface area contributed by atoms with Crippen LogP contribution in [0.15, 0.2) is 36.5 Å². The van der Waals surface area contributed by atoms with Gasteiger partial charge in [-0.1, -0.05) is 127 Å². The number of phosphoric acid groups is 1. The summed E-state index contributed by atoms with van der Waals surface area (Å²) in [5.74, 6) is -2.17. The minimum Gasteiger partial charge on any atom is -0.462 e. The van der Waals surface area contributed by atoms with Crippen molar-refractivity contribution >= 4 is 25.5 Å². The molecule has 0 saturated heterocycles. The summed E-state index contributed by atoms with van der Waals surface area (Å²) in [5, 5.41) is 31.2. The molecule has 336 valence electrons. The van der Waals surface area contributed by atoms with Crippen LogP contribution in [0.4, 0.5) is 0 Å². The van der Waals surface area contributed by atoms with Crippen LogP contribution in [0, 0.1) is 11.8 Å². The first-order valence-corrected chi connectivity index (χ1v) is 24.0. The maximum Gasteiger partial charge on any atom is 0.469 e. The van der Waals surface area contributed by atoms with E-state index in [0.29, 0.717) is 25.7 Å². The number of phosphoric ester groups is 1. The monoisotopic (exact) mass is 843 g/mol. The van der Waals surface area contributed by atoms with Gasteiger partial charge in [-0.25, -0.2) is 4.57 Å². The molecule has 0 unspecified atom stereocenters. The number of unbranched alkanes of at least 4 members (excludes halogenated alkanes) is 15. The first kappa shape index (κ1) is 53.8. The molecule has 0 spiro atoms. The molecule has 0 amide bonds. The standard InChI is InChI=1S/C45H79O12P/c1-3-5-7-8-9-10-11-12-13-14-15-16-17-18-19-20-21-22-24-30-45(51)57-39(36-56-58(52,53)54)35-55-44(50)29-26-25-28-38(47)33-41-40(42(48)34-43(41)49)32-31-37(46)27-23-6-4-2/h9-10,12-13,31-32,37,39-43,46,48-49H,3-8,11,14-30,33-36H2,1-2H3,(H2,52,53,54)/b10-9-,13-12-,32-31+/t37-,39+,40+,41+,42+,43-/m0/s1. The number of ketones is 1. The zero-order valence-corrected chi connectivity index (χ0v) is 36.7. The number of allylic oxidation sites excluding steroid dienone is 4. The lowest BCUT2D eigenvalue weighted by Gasteiger charge is -2.20. The molecule has 1 rings (SSSR count). The van der Waals surface area contributed by atoms with Gasteiger partial charge in [0.15, 0.2) is 6.10 Å². The highest BCUT2D eigenvalue weighted by Gasteiger charge is 2.41. The normalized spacial score (nSPS) is 19.7. The molecule has 0 aromatic heterocycles. The number of carbonyl (C=O) groups excluding carboxylic acids is 3. The Morgan fingerprint density at radius 3 is 1.88 bits per heavy atom. The molecule has 58 heavy (non-hydrogen) atoms. The lowest BCUT2D eigenvalue weighted by atomic mass is 9.87. The molecule has 0 aliphatic heterocycles. The lowest BCUT2D eigenvalue weighted by Crippen LogP contribution is -2.29. The van der Waals surface area contributed by atoms with Gasteiger partial charge in [0.25, 0.3) is 0 Å². The molecule has 0 radical (unpaired) electrons. The average Bonchev–Trinajstić information content (AvgIpc) is 3.44. The van der Waals surface area contributed by atoms with Gasteiger partial charge in [0, 0.05) is 43.9 Å². The molecule has 1 aliphatic rings. The van der Waals surface area contributed by atoms with Crippen LogP contribution in [0.1, 0.15) is 181 Å². The van der Waals surface area contributed by atoms with E-state index in [9.17, 15) is 34.3 Å². The Kier molecular flexibility index (Phi) is 32.0. The molecule has 1 fully saturated rings. The fourth-order valence-electron chi connectivity index (χ4n) is 7.16. The van der Waals surface area contributed by atoms with Crippen LogP contribution >= 0.6 is 7.82 Å². The van der Waals surface area contributed by atoms with Crippen molar-refractivity contribution in [1.29, 1.82) is 0 Å². The Balaban J connectivity index is 2.26. The molecule has 5 N–H and O–H groups in total. The second-order valence-corrected chi connectivity index (χ2v) is 17.2. The first-order chi connectivity index (χ1) is 27.9. The number of carbonyl (C=O) groups is 3. The summed E-state index contributed by atoms with van der Waals surface area (Å²) in [5.41, 5.74) is 0. The second-order valence-electron chi connectivity index (χ2n) is 16.0. The largest absolute Gasteiger partial charge is 0.469 e. The van der Waals surface area contributed by atoms with Crippen molar-refractivity contribution in [2.24, 2.45) is 11.8 Å². The molecule has 0 aromatic rings. The number of Topliss-reactive ketones (excluding diaryl/α,β-unsaturated/α-hetero) is 1. The molecule has 0 aromatic carbocycles. The minimum absolute atomic E-state index is 0.0198. The third-order valence-electron chi connectivity index (χ3n) is 10.6. The minimum atomic E-state index is -4.85. The van der Waals surface area contributed by atoms with E-state index in [1.807, 2.05) is 0 Å². The summed E-state index contributed by atoms with van der Waals surface area (Å²) in [4.78, 5) is 55.9. The van der Waals surface area contributed by atoms with Crippen molar-refractivity contribution in [2.75, 3.05) is 13.2 Å². The summed E-state index contributed by atoms with van der Waals surface area (Å²) in [7, 11) is -4.85. The maximum atomic E-state index is 12.8. The molecule has 1 aliphatic carbocycles. The Bertz CT molecular complexity index is 1210. The number of rotatable bonds is 37. The number of aliphatic hydroxyl groups excluding tert-OH is 3. The van der Waals surface area contributed by atoms with Gasteiger partial charge in [-0.05, 0) is 57.8 Å². The van der Waals surface area contributed by atoms with E-state index in [1.165, 1.54) is 51.4 Å². The van der Waals surface area contributed by atoms with Crippen LogP contribution in [0.2, 0.25) is 0 Å². The van der Waals surface area contributed by atoms with Crippen molar-refractivity contribution in [1.82, 2.24) is 0 Å². The highest BCUT2D eigenvalue weighted by Crippen LogP contribution is 2.37. The van der Waals surface area contributed by atoms with Gasteiger partial charge in [-0.3, -0.25) is 18.9 Å². The number of aliphatic hydroxyl groups is 3. The van der Waals surface area contributed by atoms with E-state index >= 15 is 0 Å². The van der Waals surface area contributed by atoms with Gasteiger partial charge < -0.3 is 34.6 Å². The van der Waals surface area contributed by atoms with Crippen LogP contribution in [0.5, 0.6) is 0 Å². The van der Waals surface area contributed by atoms with Crippen molar-refractivity contribution in [2.45, 2.75) is 205 Å². The predicted octanol–water partition coefficient (Wildman–Crippen LogP) is 9.30. The summed E-state index contributed by atoms with van der Waals surface area (Å²) in [6.45, 7) is 3.24. The molecule has 12 nitrogen and oxygen atoms in total. The zero-order chi connectivity index (χ0) is 42.9. The van der Waals surface area contributed by atoms with Gasteiger partial charge in [-0.2, -0.15) is 0 Å². The van der Waals surface area contributed by atoms with Crippen LogP contribution < -0.4 is 0 Å². The van der Waals surface area contributed by atoms with E-state index in [2.05, 4.69) is 42.7 Å². The zero-order valence-electron chi connectivity index (χ0n) is 35.8. The van der Waals surface area contributed by atoms with Crippen molar-refractivity contribution in [3.63, 3.8) is 0 Å². The quantitative estimate of drug-likeness (QED) is 0.0172. The van der Waals surface area contributed by atoms with Crippen LogP contribution in [-0.2, 0) is 32.9 Å². The Morgan fingerprint density at radius 2 is 1.24 bits per heavy atom. The summed E-state index contributed by atoms with van der Waals surface area (Å²) >= 11 is 0. The third-order valence-corrected chi connectivity index (χ3v) is 11.1. The SMILES string of the molecule is CCCCC/C=C\C/C=C\CCCCCCCCCCCC(=O)O[C@H](COC(=O)CCCCC(=O)C[C@@H]1[C@@H](/C=C/[C@@H](O)CCCCC)[C@H](O)C[C@@H]1O)COP(=O)(O)O. The van der Waals surface area contributed by atoms with Gasteiger partial charge in [0.05, 0.1) is 24.9 Å². The van der Waals surface area contributed by atoms with E-state index in [0.717, 1.165) is 57.8 Å². The molecule has 0 heterocycles. The fourth-order valence-corrected chi connectivity index (χ4v) is 7.52. The van der Waals surface area contributed by atoms with Gasteiger partial charge in [0.1, 0.15) is 12.4 Å². The van der Waals surface area contributed by atoms with Gasteiger partial charge >= 0.3 is 19.8 Å². The van der Waals surface area contributed by atoms with Crippen LogP contribution in [0.25, 0.3) is 0 Å². The number of hydrogen-bond donors (Lipinski definition) is 5. The predicted molar refractivity (Wildman–Crippen MR) is 228 cm³/mol. The smallest absolute Gasteiger partial charge is 0.462 e. The molecular weight excluding hydrogens is 763 g/mol. The molecule has 1 saturated carbocycles. The van der Waals surface area contributed by atoms with Crippen LogP contribution in [0.3, 0.4) is 0 Å². The number of ether oxygens (including phenoxy) is 2. The fraction of sp³-hybridized carbons (Fsp3) is 0.800. The number of hydrogen-bond acceptors (Lipinski definition) is 10. The maximum absolute atomic E-state index is 12.8. The summed E-state index contributed by atoms with van der Waals surface area (Å²) in [6.07, 6.45) is 30.6. The first-order valence-electron chi connectivity index (χ1n) is 22.5. The van der Waals surface area contributed by atoms with Crippen LogP contribution in [-0.4, -0.2) is 80.5 Å². The second kappa shape index (κ2) is 34.5. The van der Waals surface area contributed by atoms with E-state index in [1.54, 1.807) is 12.2 Å². The summed E-state index contributed by atoms with van der Waals surface area (Å²) < 4.78 is 26.3. The average molecular weight is 843 g/mol.